The third-order valence-electron chi connectivity index (χ3n) is 4.90. The van der Waals surface area contributed by atoms with Gasteiger partial charge in [0.25, 0.3) is 5.56 Å². The molecule has 0 bridgehead atoms. The Bertz CT molecular complexity index is 1560. The molecule has 30 heavy (non-hydrogen) atoms. The number of nitriles is 1. The number of benzene rings is 1. The quantitative estimate of drug-likeness (QED) is 0.352. The van der Waals surface area contributed by atoms with Crippen LogP contribution in [-0.4, -0.2) is 18.8 Å². The summed E-state index contributed by atoms with van der Waals surface area (Å²) >= 11 is 4.95. The van der Waals surface area contributed by atoms with Crippen LogP contribution in [0.5, 0.6) is 0 Å². The highest BCUT2D eigenvalue weighted by molar-refractivity contribution is 9.10. The highest BCUT2D eigenvalue weighted by Gasteiger charge is 2.15. The number of para-hydroxylation sites is 2. The summed E-state index contributed by atoms with van der Waals surface area (Å²) in [7, 11) is 0. The Balaban J connectivity index is 1.61. The number of hydrogen-bond donors (Lipinski definition) is 0. The van der Waals surface area contributed by atoms with Crippen LogP contribution < -0.4 is 5.56 Å². The van der Waals surface area contributed by atoms with Gasteiger partial charge in [0.1, 0.15) is 11.7 Å². The monoisotopic (exact) mass is 475 g/mol. The third-order valence-corrected chi connectivity index (χ3v) is 6.40. The fourth-order valence-corrected chi connectivity index (χ4v) is 4.86. The van der Waals surface area contributed by atoms with Gasteiger partial charge in [-0.05, 0) is 58.7 Å². The third kappa shape index (κ3) is 3.07. The first-order chi connectivity index (χ1) is 14.5. The van der Waals surface area contributed by atoms with E-state index in [1.54, 1.807) is 24.0 Å². The average molecular weight is 476 g/mol. The van der Waals surface area contributed by atoms with Crippen molar-refractivity contribution in [3.05, 3.63) is 86.4 Å². The van der Waals surface area contributed by atoms with Crippen molar-refractivity contribution in [3.8, 4) is 6.07 Å². The van der Waals surface area contributed by atoms with Crippen LogP contribution in [0.1, 0.15) is 16.8 Å². The van der Waals surface area contributed by atoms with Crippen molar-refractivity contribution in [2.24, 2.45) is 0 Å². The van der Waals surface area contributed by atoms with Crippen LogP contribution in [0.25, 0.3) is 22.3 Å². The number of aryl methyl sites for hydroxylation is 1. The van der Waals surface area contributed by atoms with Crippen molar-refractivity contribution < 1.29 is 0 Å². The summed E-state index contributed by atoms with van der Waals surface area (Å²) in [4.78, 5) is 21.8. The fraction of sp³-hybridized carbons (Fsp3) is 0.0909. The molecule has 0 unspecified atom stereocenters. The molecule has 0 radical (unpaired) electrons. The van der Waals surface area contributed by atoms with Gasteiger partial charge in [-0.1, -0.05) is 12.1 Å². The van der Waals surface area contributed by atoms with Crippen molar-refractivity contribution in [2.45, 2.75) is 17.7 Å². The van der Waals surface area contributed by atoms with E-state index in [1.165, 1.54) is 4.40 Å². The standard InChI is InChI=1S/C22H14BrN5OS/c1-13-8-21(28-18-5-3-2-4-17(18)26-22(28)16(13)10-24)30-12-15-9-20(29)27-11-14(23)6-7-19(27)25-15/h2-9,11H,12H2,1H3. The molecule has 8 heteroatoms. The molecule has 0 atom stereocenters. The summed E-state index contributed by atoms with van der Waals surface area (Å²) in [5.41, 5.74) is 5.07. The summed E-state index contributed by atoms with van der Waals surface area (Å²) in [5.74, 6) is 0.523. The molecule has 0 aliphatic heterocycles. The Morgan fingerprint density at radius 1 is 1.17 bits per heavy atom. The molecule has 1 aromatic carbocycles. The Morgan fingerprint density at radius 3 is 2.83 bits per heavy atom. The fourth-order valence-electron chi connectivity index (χ4n) is 3.51. The second-order valence-corrected chi connectivity index (χ2v) is 8.77. The maximum Gasteiger partial charge on any atom is 0.258 e. The van der Waals surface area contributed by atoms with Crippen LogP contribution in [0.2, 0.25) is 0 Å². The van der Waals surface area contributed by atoms with Gasteiger partial charge in [-0.2, -0.15) is 5.26 Å². The summed E-state index contributed by atoms with van der Waals surface area (Å²) in [5, 5.41) is 10.6. The molecule has 0 N–H and O–H groups in total. The molecule has 0 aliphatic rings. The van der Waals surface area contributed by atoms with Crippen LogP contribution in [0.4, 0.5) is 0 Å². The molecule has 5 rings (SSSR count). The number of thioether (sulfide) groups is 1. The van der Waals surface area contributed by atoms with E-state index in [0.29, 0.717) is 28.3 Å². The second kappa shape index (κ2) is 7.27. The lowest BCUT2D eigenvalue weighted by molar-refractivity contribution is 1.00. The number of nitrogens with zero attached hydrogens (tertiary/aromatic N) is 5. The minimum absolute atomic E-state index is 0.119. The van der Waals surface area contributed by atoms with Crippen LogP contribution >= 0.6 is 27.7 Å². The number of rotatable bonds is 3. The largest absolute Gasteiger partial charge is 0.286 e. The number of halogens is 1. The van der Waals surface area contributed by atoms with E-state index in [0.717, 1.165) is 26.1 Å². The van der Waals surface area contributed by atoms with Crippen molar-refractivity contribution >= 4 is 50.0 Å². The van der Waals surface area contributed by atoms with Gasteiger partial charge in [-0.3, -0.25) is 13.6 Å². The number of pyridine rings is 2. The summed E-state index contributed by atoms with van der Waals surface area (Å²) in [6, 6.07) is 17.3. The molecule has 5 aromatic rings. The molecule has 0 aliphatic carbocycles. The highest BCUT2D eigenvalue weighted by Crippen LogP contribution is 2.30. The number of fused-ring (bicyclic) bond motifs is 4. The Morgan fingerprint density at radius 2 is 2.00 bits per heavy atom. The highest BCUT2D eigenvalue weighted by atomic mass is 79.9. The Kier molecular flexibility index (Phi) is 4.57. The van der Waals surface area contributed by atoms with E-state index >= 15 is 0 Å². The average Bonchev–Trinajstić information content (AvgIpc) is 3.12. The summed E-state index contributed by atoms with van der Waals surface area (Å²) in [6.45, 7) is 1.92. The van der Waals surface area contributed by atoms with Gasteiger partial charge in [0.15, 0.2) is 5.65 Å². The van der Waals surface area contributed by atoms with Crippen LogP contribution in [0.15, 0.2) is 69.0 Å². The van der Waals surface area contributed by atoms with Gasteiger partial charge in [-0.25, -0.2) is 9.97 Å². The molecule has 0 spiro atoms. The van der Waals surface area contributed by atoms with E-state index in [4.69, 9.17) is 0 Å². The number of imidazole rings is 1. The molecule has 0 saturated heterocycles. The molecule has 4 heterocycles. The zero-order valence-electron chi connectivity index (χ0n) is 15.8. The van der Waals surface area contributed by atoms with Gasteiger partial charge in [0.05, 0.1) is 27.3 Å². The molecule has 4 aromatic heterocycles. The molecular formula is C22H14BrN5OS. The first-order valence-electron chi connectivity index (χ1n) is 9.17. The maximum absolute atomic E-state index is 12.5. The van der Waals surface area contributed by atoms with E-state index in [9.17, 15) is 10.1 Å². The predicted molar refractivity (Wildman–Crippen MR) is 121 cm³/mol. The zero-order chi connectivity index (χ0) is 20.8. The molecular weight excluding hydrogens is 462 g/mol. The van der Waals surface area contributed by atoms with Gasteiger partial charge in [-0.15, -0.1) is 11.8 Å². The van der Waals surface area contributed by atoms with E-state index in [2.05, 4.69) is 32.0 Å². The lowest BCUT2D eigenvalue weighted by Crippen LogP contribution is -2.15. The summed E-state index contributed by atoms with van der Waals surface area (Å²) < 4.78 is 4.35. The maximum atomic E-state index is 12.5. The molecule has 146 valence electrons. The molecule has 0 amide bonds. The van der Waals surface area contributed by atoms with Crippen LogP contribution in [0, 0.1) is 18.3 Å². The Labute approximate surface area is 183 Å². The minimum atomic E-state index is -0.119. The van der Waals surface area contributed by atoms with E-state index < -0.39 is 0 Å². The predicted octanol–water partition coefficient (Wildman–Crippen LogP) is 4.73. The lowest BCUT2D eigenvalue weighted by atomic mass is 10.2. The molecule has 0 fully saturated rings. The SMILES string of the molecule is Cc1cc(SCc2cc(=O)n3cc(Br)ccc3n2)n2c(nc3ccccc32)c1C#N. The van der Waals surface area contributed by atoms with Gasteiger partial charge in [0.2, 0.25) is 0 Å². The van der Waals surface area contributed by atoms with Crippen molar-refractivity contribution in [1.29, 1.82) is 5.26 Å². The van der Waals surface area contributed by atoms with Crippen molar-refractivity contribution in [2.75, 3.05) is 0 Å². The molecule has 0 saturated carbocycles. The second-order valence-electron chi connectivity index (χ2n) is 6.86. The van der Waals surface area contributed by atoms with Gasteiger partial charge >= 0.3 is 0 Å². The Hall–Kier alpha value is -3.15. The minimum Gasteiger partial charge on any atom is -0.286 e. The molecule has 6 nitrogen and oxygen atoms in total. The van der Waals surface area contributed by atoms with Crippen molar-refractivity contribution in [1.82, 2.24) is 18.8 Å². The normalized spacial score (nSPS) is 11.4. The van der Waals surface area contributed by atoms with E-state index in [-0.39, 0.29) is 5.56 Å². The first kappa shape index (κ1) is 18.9. The van der Waals surface area contributed by atoms with Crippen LogP contribution in [-0.2, 0) is 5.75 Å². The topological polar surface area (TPSA) is 75.5 Å². The first-order valence-corrected chi connectivity index (χ1v) is 10.9. The van der Waals surface area contributed by atoms with E-state index in [1.807, 2.05) is 53.8 Å². The van der Waals surface area contributed by atoms with Gasteiger partial charge < -0.3 is 0 Å². The lowest BCUT2D eigenvalue weighted by Gasteiger charge is -2.10. The summed E-state index contributed by atoms with van der Waals surface area (Å²) in [6.07, 6.45) is 1.72. The van der Waals surface area contributed by atoms with Crippen LogP contribution in [0.3, 0.4) is 0 Å². The number of hydrogen-bond acceptors (Lipinski definition) is 5. The smallest absolute Gasteiger partial charge is 0.258 e. The van der Waals surface area contributed by atoms with Gasteiger partial charge in [0, 0.05) is 22.5 Å². The zero-order valence-corrected chi connectivity index (χ0v) is 18.2. The van der Waals surface area contributed by atoms with Crippen molar-refractivity contribution in [3.63, 3.8) is 0 Å². The number of aromatic nitrogens is 4.